The van der Waals surface area contributed by atoms with Crippen molar-refractivity contribution in [3.63, 3.8) is 0 Å². The van der Waals surface area contributed by atoms with E-state index in [1.165, 1.54) is 16.7 Å². The van der Waals surface area contributed by atoms with Crippen LogP contribution in [0, 0.1) is 0 Å². The molecule has 0 unspecified atom stereocenters. The van der Waals surface area contributed by atoms with Crippen LogP contribution in [0.1, 0.15) is 11.1 Å². The highest BCUT2D eigenvalue weighted by Gasteiger charge is 2.33. The molecule has 0 spiro atoms. The summed E-state index contributed by atoms with van der Waals surface area (Å²) in [7, 11) is 1.73. The van der Waals surface area contributed by atoms with Crippen molar-refractivity contribution < 1.29 is 9.59 Å². The molecule has 2 aromatic rings. The fourth-order valence-electron chi connectivity index (χ4n) is 2.66. The van der Waals surface area contributed by atoms with Crippen LogP contribution in [0.3, 0.4) is 0 Å². The molecule has 0 aliphatic carbocycles. The normalized spacial score (nSPS) is 15.6. The summed E-state index contributed by atoms with van der Waals surface area (Å²) >= 11 is 6.53. The van der Waals surface area contributed by atoms with Gasteiger partial charge in [-0.2, -0.15) is 0 Å². The average Bonchev–Trinajstić information content (AvgIpc) is 2.97. The third-order valence-corrected chi connectivity index (χ3v) is 5.59. The van der Waals surface area contributed by atoms with Crippen molar-refractivity contribution in [1.29, 1.82) is 0 Å². The molecule has 0 aromatic heterocycles. The molecule has 1 aliphatic heterocycles. The molecule has 1 heterocycles. The number of hydrogen-bond acceptors (Lipinski definition) is 4. The summed E-state index contributed by atoms with van der Waals surface area (Å²) in [6.07, 6.45) is 5.49. The van der Waals surface area contributed by atoms with Crippen molar-refractivity contribution in [2.45, 2.75) is 6.54 Å². The van der Waals surface area contributed by atoms with Gasteiger partial charge in [0.25, 0.3) is 5.91 Å². The molecule has 0 radical (unpaired) electrons. The van der Waals surface area contributed by atoms with E-state index >= 15 is 0 Å². The van der Waals surface area contributed by atoms with Crippen molar-refractivity contribution in [2.75, 3.05) is 13.6 Å². The minimum atomic E-state index is -0.228. The van der Waals surface area contributed by atoms with Gasteiger partial charge in [-0.05, 0) is 17.2 Å². The number of benzene rings is 2. The Kier molecular flexibility index (Phi) is 6.79. The SMILES string of the molecule is CN(Cc1ccccc1)C(=O)CN1C(=O)C(=CC=Cc2ccccc2)SC1=S. The van der Waals surface area contributed by atoms with Crippen LogP contribution in [-0.4, -0.2) is 39.5 Å². The number of likely N-dealkylation sites (N-methyl/N-ethyl adjacent to an activating group) is 1. The molecule has 1 saturated heterocycles. The molecule has 1 aliphatic rings. The maximum atomic E-state index is 12.6. The van der Waals surface area contributed by atoms with Gasteiger partial charge in [0.2, 0.25) is 5.91 Å². The molecule has 0 saturated carbocycles. The van der Waals surface area contributed by atoms with Crippen molar-refractivity contribution >= 4 is 46.2 Å². The van der Waals surface area contributed by atoms with Gasteiger partial charge < -0.3 is 4.90 Å². The van der Waals surface area contributed by atoms with Crippen LogP contribution in [0.4, 0.5) is 0 Å². The number of thiocarbonyl (C=S) groups is 1. The number of thioether (sulfide) groups is 1. The fraction of sp³-hybridized carbons (Fsp3) is 0.136. The van der Waals surface area contributed by atoms with E-state index in [0.717, 1.165) is 11.1 Å². The smallest absolute Gasteiger partial charge is 0.266 e. The summed E-state index contributed by atoms with van der Waals surface area (Å²) in [6.45, 7) is 0.442. The summed E-state index contributed by atoms with van der Waals surface area (Å²) in [5, 5.41) is 0. The largest absolute Gasteiger partial charge is 0.340 e. The predicted molar refractivity (Wildman–Crippen MR) is 118 cm³/mol. The number of carbonyl (C=O) groups excluding carboxylic acids is 2. The van der Waals surface area contributed by atoms with Crippen LogP contribution < -0.4 is 0 Å². The van der Waals surface area contributed by atoms with Crippen molar-refractivity contribution in [3.05, 3.63) is 88.8 Å². The van der Waals surface area contributed by atoms with E-state index in [2.05, 4.69) is 0 Å². The molecule has 142 valence electrons. The summed E-state index contributed by atoms with van der Waals surface area (Å²) < 4.78 is 0.408. The predicted octanol–water partition coefficient (Wildman–Crippen LogP) is 4.10. The zero-order valence-electron chi connectivity index (χ0n) is 15.4. The van der Waals surface area contributed by atoms with Crippen LogP contribution in [0.2, 0.25) is 0 Å². The fourth-order valence-corrected chi connectivity index (χ4v) is 3.87. The van der Waals surface area contributed by atoms with E-state index in [1.54, 1.807) is 18.0 Å². The lowest BCUT2D eigenvalue weighted by atomic mass is 10.2. The highest BCUT2D eigenvalue weighted by Crippen LogP contribution is 2.31. The van der Waals surface area contributed by atoms with Crippen molar-refractivity contribution in [2.24, 2.45) is 0 Å². The lowest BCUT2D eigenvalue weighted by molar-refractivity contribution is -0.134. The third kappa shape index (κ3) is 5.18. The Morgan fingerprint density at radius 1 is 1.11 bits per heavy atom. The molecule has 6 heteroatoms. The molecular weight excluding hydrogens is 388 g/mol. The number of amides is 2. The zero-order chi connectivity index (χ0) is 19.9. The number of nitrogens with zero attached hydrogens (tertiary/aromatic N) is 2. The van der Waals surface area contributed by atoms with E-state index in [9.17, 15) is 9.59 Å². The Morgan fingerprint density at radius 2 is 1.75 bits per heavy atom. The van der Waals surface area contributed by atoms with E-state index < -0.39 is 0 Å². The maximum absolute atomic E-state index is 12.6. The van der Waals surface area contributed by atoms with Crippen LogP contribution >= 0.6 is 24.0 Å². The van der Waals surface area contributed by atoms with Crippen molar-refractivity contribution in [3.8, 4) is 0 Å². The molecule has 3 rings (SSSR count). The topological polar surface area (TPSA) is 40.6 Å². The number of carbonyl (C=O) groups is 2. The quantitative estimate of drug-likeness (QED) is 0.533. The average molecular weight is 409 g/mol. The lowest BCUT2D eigenvalue weighted by Crippen LogP contribution is -2.40. The number of allylic oxidation sites excluding steroid dienone is 2. The summed E-state index contributed by atoms with van der Waals surface area (Å²) in [5.41, 5.74) is 2.08. The van der Waals surface area contributed by atoms with Crippen LogP contribution in [0.25, 0.3) is 6.08 Å². The zero-order valence-corrected chi connectivity index (χ0v) is 17.1. The van der Waals surface area contributed by atoms with Gasteiger partial charge in [0.1, 0.15) is 10.9 Å². The highest BCUT2D eigenvalue weighted by molar-refractivity contribution is 8.26. The molecule has 0 atom stereocenters. The van der Waals surface area contributed by atoms with E-state index in [0.29, 0.717) is 15.8 Å². The standard InChI is InChI=1S/C22H20N2O2S2/c1-23(15-18-11-6-3-7-12-18)20(25)16-24-21(26)19(28-22(24)27)14-8-13-17-9-4-2-5-10-17/h2-14H,15-16H2,1H3. The first-order chi connectivity index (χ1) is 13.5. The minimum absolute atomic E-state index is 0.0479. The van der Waals surface area contributed by atoms with E-state index in [-0.39, 0.29) is 18.4 Å². The first kappa shape index (κ1) is 20.0. The van der Waals surface area contributed by atoms with Gasteiger partial charge in [-0.25, -0.2) is 0 Å². The Morgan fingerprint density at radius 3 is 2.43 bits per heavy atom. The second-order valence-electron chi connectivity index (χ2n) is 6.30. The van der Waals surface area contributed by atoms with Crippen molar-refractivity contribution in [1.82, 2.24) is 9.80 Å². The first-order valence-corrected chi connectivity index (χ1v) is 10.0. The lowest BCUT2D eigenvalue weighted by Gasteiger charge is -2.21. The van der Waals surface area contributed by atoms with E-state index in [1.807, 2.05) is 72.8 Å². The molecule has 1 fully saturated rings. The molecule has 28 heavy (non-hydrogen) atoms. The van der Waals surface area contributed by atoms with Crippen LogP contribution in [0.5, 0.6) is 0 Å². The second kappa shape index (κ2) is 9.48. The molecule has 4 nitrogen and oxygen atoms in total. The van der Waals surface area contributed by atoms with Gasteiger partial charge in [-0.15, -0.1) is 0 Å². The van der Waals surface area contributed by atoms with E-state index in [4.69, 9.17) is 12.2 Å². The van der Waals surface area contributed by atoms with Gasteiger partial charge in [-0.1, -0.05) is 96.8 Å². The number of hydrogen-bond donors (Lipinski definition) is 0. The Hall–Kier alpha value is -2.70. The van der Waals surface area contributed by atoms with Gasteiger partial charge in [0.05, 0.1) is 4.91 Å². The summed E-state index contributed by atoms with van der Waals surface area (Å²) in [5.74, 6) is -0.379. The molecular formula is C22H20N2O2S2. The Bertz CT molecular complexity index is 924. The number of rotatable bonds is 6. The minimum Gasteiger partial charge on any atom is -0.340 e. The van der Waals surface area contributed by atoms with Crippen LogP contribution in [-0.2, 0) is 16.1 Å². The summed E-state index contributed by atoms with van der Waals surface area (Å²) in [6, 6.07) is 19.6. The molecule has 0 bridgehead atoms. The highest BCUT2D eigenvalue weighted by atomic mass is 32.2. The van der Waals surface area contributed by atoms with Gasteiger partial charge in [-0.3, -0.25) is 14.5 Å². The van der Waals surface area contributed by atoms with Gasteiger partial charge >= 0.3 is 0 Å². The molecule has 2 aromatic carbocycles. The Balaban J connectivity index is 1.61. The monoisotopic (exact) mass is 408 g/mol. The van der Waals surface area contributed by atoms with Crippen LogP contribution in [0.15, 0.2) is 77.7 Å². The maximum Gasteiger partial charge on any atom is 0.266 e. The summed E-state index contributed by atoms with van der Waals surface area (Å²) in [4.78, 5) is 28.6. The third-order valence-electron chi connectivity index (χ3n) is 4.19. The second-order valence-corrected chi connectivity index (χ2v) is 7.97. The van der Waals surface area contributed by atoms with Gasteiger partial charge in [0, 0.05) is 13.6 Å². The Labute approximate surface area is 174 Å². The molecule has 0 N–H and O–H groups in total. The van der Waals surface area contributed by atoms with Gasteiger partial charge in [0.15, 0.2) is 0 Å². The molecule has 2 amide bonds. The first-order valence-electron chi connectivity index (χ1n) is 8.79.